The highest BCUT2D eigenvalue weighted by atomic mass is 19.1. The molecule has 2 fully saturated rings. The predicted molar refractivity (Wildman–Crippen MR) is 96.3 cm³/mol. The van der Waals surface area contributed by atoms with Gasteiger partial charge in [-0.2, -0.15) is 0 Å². The van der Waals surface area contributed by atoms with Gasteiger partial charge in [-0.15, -0.1) is 0 Å². The summed E-state index contributed by atoms with van der Waals surface area (Å²) in [6.07, 6.45) is 1.87. The summed E-state index contributed by atoms with van der Waals surface area (Å²) in [7, 11) is 0. The van der Waals surface area contributed by atoms with Crippen LogP contribution < -0.4 is 5.32 Å². The molecule has 2 unspecified atom stereocenters. The summed E-state index contributed by atoms with van der Waals surface area (Å²) >= 11 is 0. The Hall–Kier alpha value is -2.11. The SMILES string of the molecule is Cc1cc(C(CC(=O)NCC2CN(C3CC3)C(=O)O2)C(C)C)ccc1F. The quantitative estimate of drug-likeness (QED) is 0.809. The van der Waals surface area contributed by atoms with Crippen molar-refractivity contribution in [2.24, 2.45) is 5.92 Å². The number of amides is 2. The Morgan fingerprint density at radius 2 is 2.12 bits per heavy atom. The van der Waals surface area contributed by atoms with Gasteiger partial charge in [0, 0.05) is 12.5 Å². The molecule has 0 radical (unpaired) electrons. The van der Waals surface area contributed by atoms with E-state index in [1.807, 2.05) is 6.07 Å². The van der Waals surface area contributed by atoms with Crippen molar-refractivity contribution < 1.29 is 18.7 Å². The van der Waals surface area contributed by atoms with Crippen molar-refractivity contribution in [2.45, 2.75) is 58.1 Å². The average molecular weight is 362 g/mol. The van der Waals surface area contributed by atoms with E-state index in [0.717, 1.165) is 18.4 Å². The van der Waals surface area contributed by atoms with Gasteiger partial charge in [-0.3, -0.25) is 4.79 Å². The number of nitrogens with one attached hydrogen (secondary N) is 1. The van der Waals surface area contributed by atoms with Gasteiger partial charge in [0.2, 0.25) is 5.91 Å². The first-order chi connectivity index (χ1) is 12.3. The molecule has 142 valence electrons. The minimum absolute atomic E-state index is 0.0170. The van der Waals surface area contributed by atoms with Gasteiger partial charge in [-0.1, -0.05) is 26.0 Å². The molecule has 1 N–H and O–H groups in total. The van der Waals surface area contributed by atoms with E-state index in [2.05, 4.69) is 19.2 Å². The first kappa shape index (κ1) is 18.7. The van der Waals surface area contributed by atoms with Crippen molar-refractivity contribution in [1.82, 2.24) is 10.2 Å². The molecule has 0 bridgehead atoms. The van der Waals surface area contributed by atoms with E-state index in [0.29, 0.717) is 31.1 Å². The molecule has 2 atom stereocenters. The normalized spacial score (nSPS) is 21.0. The summed E-state index contributed by atoms with van der Waals surface area (Å²) in [6, 6.07) is 5.37. The largest absolute Gasteiger partial charge is 0.442 e. The fourth-order valence-corrected chi connectivity index (χ4v) is 3.47. The van der Waals surface area contributed by atoms with E-state index >= 15 is 0 Å². The van der Waals surface area contributed by atoms with Crippen LogP contribution in [0.15, 0.2) is 18.2 Å². The van der Waals surface area contributed by atoms with Crippen molar-refractivity contribution in [3.8, 4) is 0 Å². The molecular weight excluding hydrogens is 335 g/mol. The molecule has 1 heterocycles. The summed E-state index contributed by atoms with van der Waals surface area (Å²) in [5.74, 6) is -0.0424. The highest BCUT2D eigenvalue weighted by Crippen LogP contribution is 2.31. The van der Waals surface area contributed by atoms with E-state index in [1.165, 1.54) is 6.07 Å². The van der Waals surface area contributed by atoms with Crippen molar-refractivity contribution in [2.75, 3.05) is 13.1 Å². The molecule has 1 saturated carbocycles. The van der Waals surface area contributed by atoms with Crippen LogP contribution in [-0.2, 0) is 9.53 Å². The zero-order valence-corrected chi connectivity index (χ0v) is 15.6. The average Bonchev–Trinajstić information content (AvgIpc) is 3.36. The predicted octanol–water partition coefficient (Wildman–Crippen LogP) is 3.36. The van der Waals surface area contributed by atoms with E-state index in [-0.39, 0.29) is 35.8 Å². The molecule has 0 spiro atoms. The van der Waals surface area contributed by atoms with Crippen LogP contribution in [-0.4, -0.2) is 42.1 Å². The Labute approximate surface area is 153 Å². The van der Waals surface area contributed by atoms with Gasteiger partial charge >= 0.3 is 6.09 Å². The number of nitrogens with zero attached hydrogens (tertiary/aromatic N) is 1. The number of rotatable bonds is 7. The number of hydrogen-bond acceptors (Lipinski definition) is 3. The smallest absolute Gasteiger partial charge is 0.410 e. The Kier molecular flexibility index (Phi) is 5.49. The lowest BCUT2D eigenvalue weighted by Crippen LogP contribution is -2.35. The second kappa shape index (κ2) is 7.64. The van der Waals surface area contributed by atoms with Crippen molar-refractivity contribution >= 4 is 12.0 Å². The second-order valence-electron chi connectivity index (χ2n) is 7.76. The topological polar surface area (TPSA) is 58.6 Å². The van der Waals surface area contributed by atoms with Gasteiger partial charge in [-0.25, -0.2) is 9.18 Å². The van der Waals surface area contributed by atoms with Gasteiger partial charge in [0.15, 0.2) is 0 Å². The first-order valence-corrected chi connectivity index (χ1v) is 9.35. The third kappa shape index (κ3) is 4.34. The lowest BCUT2D eigenvalue weighted by molar-refractivity contribution is -0.122. The van der Waals surface area contributed by atoms with E-state index < -0.39 is 0 Å². The molecule has 3 rings (SSSR count). The van der Waals surface area contributed by atoms with Crippen LogP contribution in [0.2, 0.25) is 0 Å². The molecule has 1 aromatic rings. The number of hydrogen-bond donors (Lipinski definition) is 1. The van der Waals surface area contributed by atoms with Crippen molar-refractivity contribution in [3.05, 3.63) is 35.1 Å². The molecule has 2 amide bonds. The Morgan fingerprint density at radius 3 is 2.73 bits per heavy atom. The molecule has 1 saturated heterocycles. The van der Waals surface area contributed by atoms with Crippen molar-refractivity contribution in [3.63, 3.8) is 0 Å². The number of carbonyl (C=O) groups excluding carboxylic acids is 2. The summed E-state index contributed by atoms with van der Waals surface area (Å²) in [4.78, 5) is 26.0. The molecule has 26 heavy (non-hydrogen) atoms. The third-order valence-electron chi connectivity index (χ3n) is 5.24. The van der Waals surface area contributed by atoms with Crippen LogP contribution in [0, 0.1) is 18.7 Å². The summed E-state index contributed by atoms with van der Waals surface area (Å²) < 4.78 is 18.8. The molecule has 1 aliphatic heterocycles. The van der Waals surface area contributed by atoms with Gasteiger partial charge in [-0.05, 0) is 48.8 Å². The molecule has 1 aromatic carbocycles. The van der Waals surface area contributed by atoms with Gasteiger partial charge in [0.05, 0.1) is 13.1 Å². The zero-order chi connectivity index (χ0) is 18.8. The molecular formula is C20H27FN2O3. The monoisotopic (exact) mass is 362 g/mol. The standard InChI is InChI=1S/C20H27FN2O3/c1-12(2)17(14-4-7-18(21)13(3)8-14)9-19(24)22-10-16-11-23(15-5-6-15)20(25)26-16/h4,7-8,12,15-17H,5-6,9-11H2,1-3H3,(H,22,24). The van der Waals surface area contributed by atoms with Gasteiger partial charge in [0.25, 0.3) is 0 Å². The first-order valence-electron chi connectivity index (χ1n) is 9.35. The highest BCUT2D eigenvalue weighted by Gasteiger charge is 2.40. The maximum Gasteiger partial charge on any atom is 0.410 e. The fourth-order valence-electron chi connectivity index (χ4n) is 3.47. The zero-order valence-electron chi connectivity index (χ0n) is 15.6. The summed E-state index contributed by atoms with van der Waals surface area (Å²) in [5.41, 5.74) is 1.56. The van der Waals surface area contributed by atoms with Gasteiger partial charge in [0.1, 0.15) is 11.9 Å². The Balaban J connectivity index is 1.53. The van der Waals surface area contributed by atoms with E-state index in [9.17, 15) is 14.0 Å². The van der Waals surface area contributed by atoms with Crippen LogP contribution in [0.5, 0.6) is 0 Å². The van der Waals surface area contributed by atoms with Gasteiger partial charge < -0.3 is 15.0 Å². The maximum atomic E-state index is 13.5. The van der Waals surface area contributed by atoms with Crippen LogP contribution in [0.4, 0.5) is 9.18 Å². The number of aryl methyl sites for hydroxylation is 1. The second-order valence-corrected chi connectivity index (χ2v) is 7.76. The number of ether oxygens (including phenoxy) is 1. The van der Waals surface area contributed by atoms with Crippen molar-refractivity contribution in [1.29, 1.82) is 0 Å². The summed E-state index contributed by atoms with van der Waals surface area (Å²) in [5, 5.41) is 2.89. The number of halogens is 1. The number of benzene rings is 1. The summed E-state index contributed by atoms with van der Waals surface area (Å²) in [6.45, 7) is 6.73. The van der Waals surface area contributed by atoms with Crippen LogP contribution in [0.3, 0.4) is 0 Å². The minimum Gasteiger partial charge on any atom is -0.442 e. The molecule has 0 aromatic heterocycles. The lowest BCUT2D eigenvalue weighted by atomic mass is 9.85. The molecule has 5 nitrogen and oxygen atoms in total. The number of carbonyl (C=O) groups is 2. The highest BCUT2D eigenvalue weighted by molar-refractivity contribution is 5.77. The minimum atomic E-state index is -0.280. The van der Waals surface area contributed by atoms with Crippen LogP contribution in [0.1, 0.15) is 50.2 Å². The lowest BCUT2D eigenvalue weighted by Gasteiger charge is -2.22. The maximum absolute atomic E-state index is 13.5. The Morgan fingerprint density at radius 1 is 1.38 bits per heavy atom. The van der Waals surface area contributed by atoms with Crippen LogP contribution >= 0.6 is 0 Å². The number of cyclic esters (lactones) is 1. The molecule has 1 aliphatic carbocycles. The van der Waals surface area contributed by atoms with E-state index in [4.69, 9.17) is 4.74 Å². The molecule has 2 aliphatic rings. The van der Waals surface area contributed by atoms with Crippen LogP contribution in [0.25, 0.3) is 0 Å². The third-order valence-corrected chi connectivity index (χ3v) is 5.24. The fraction of sp³-hybridized carbons (Fsp3) is 0.600. The molecule has 6 heteroatoms. The Bertz CT molecular complexity index is 688. The van der Waals surface area contributed by atoms with E-state index in [1.54, 1.807) is 17.9 Å².